The van der Waals surface area contributed by atoms with Gasteiger partial charge in [-0.15, -0.1) is 0 Å². The first-order valence-electron chi connectivity index (χ1n) is 7.89. The molecule has 0 aliphatic rings. The van der Waals surface area contributed by atoms with E-state index in [0.717, 1.165) is 20.9 Å². The van der Waals surface area contributed by atoms with Gasteiger partial charge < -0.3 is 15.2 Å². The fourth-order valence-corrected chi connectivity index (χ4v) is 2.70. The van der Waals surface area contributed by atoms with Crippen LogP contribution in [-0.4, -0.2) is 24.3 Å². The van der Waals surface area contributed by atoms with Crippen molar-refractivity contribution in [2.75, 3.05) is 13.2 Å². The second-order valence-electron chi connectivity index (χ2n) is 5.53. The van der Waals surface area contributed by atoms with E-state index in [4.69, 9.17) is 15.2 Å². The molecule has 1 atom stereocenters. The molecule has 2 N–H and O–H groups in total. The summed E-state index contributed by atoms with van der Waals surface area (Å²) in [5.41, 5.74) is 7.12. The molecule has 0 aliphatic carbocycles. The number of hydrogen-bond donors (Lipinski definition) is 1. The lowest BCUT2D eigenvalue weighted by atomic mass is 10.2. The van der Waals surface area contributed by atoms with Crippen molar-refractivity contribution >= 4 is 26.8 Å². The van der Waals surface area contributed by atoms with E-state index < -0.39 is 6.17 Å². The normalized spacial score (nSPS) is 12.1. The van der Waals surface area contributed by atoms with Gasteiger partial charge in [0.1, 0.15) is 19.4 Å². The van der Waals surface area contributed by atoms with Gasteiger partial charge in [0.25, 0.3) is 0 Å². The highest BCUT2D eigenvalue weighted by atomic mass is 79.9. The Morgan fingerprint density at radius 3 is 2.68 bits per heavy atom. The van der Waals surface area contributed by atoms with Crippen LogP contribution in [-0.2, 0) is 6.61 Å². The van der Waals surface area contributed by atoms with Crippen molar-refractivity contribution in [3.63, 3.8) is 0 Å². The minimum Gasteiger partial charge on any atom is -0.486 e. The molecule has 3 rings (SSSR count). The molecule has 0 aliphatic heterocycles. The summed E-state index contributed by atoms with van der Waals surface area (Å²) in [5.74, 6) is 1.01. The fraction of sp³-hybridized carbons (Fsp3) is 0.211. The van der Waals surface area contributed by atoms with Crippen molar-refractivity contribution in [1.29, 1.82) is 0 Å². The van der Waals surface area contributed by atoms with Crippen LogP contribution in [0.4, 0.5) is 4.39 Å². The van der Waals surface area contributed by atoms with Crippen LogP contribution in [0.1, 0.15) is 5.56 Å². The second-order valence-corrected chi connectivity index (χ2v) is 6.45. The molecule has 1 aromatic heterocycles. The van der Waals surface area contributed by atoms with Crippen LogP contribution in [0.25, 0.3) is 10.9 Å². The van der Waals surface area contributed by atoms with Crippen LogP contribution < -0.4 is 15.2 Å². The van der Waals surface area contributed by atoms with Gasteiger partial charge in [-0.3, -0.25) is 4.98 Å². The molecule has 6 heteroatoms. The molecule has 0 fully saturated rings. The Balaban J connectivity index is 1.92. The Labute approximate surface area is 153 Å². The fourth-order valence-electron chi connectivity index (χ4n) is 2.37. The van der Waals surface area contributed by atoms with Gasteiger partial charge in [-0.1, -0.05) is 30.3 Å². The summed E-state index contributed by atoms with van der Waals surface area (Å²) in [4.78, 5) is 4.35. The van der Waals surface area contributed by atoms with Gasteiger partial charge in [0.15, 0.2) is 11.5 Å². The van der Waals surface area contributed by atoms with Gasteiger partial charge in [-0.25, -0.2) is 4.39 Å². The third-order valence-corrected chi connectivity index (χ3v) is 4.08. The van der Waals surface area contributed by atoms with Gasteiger partial charge >= 0.3 is 0 Å². The lowest BCUT2D eigenvalue weighted by molar-refractivity contribution is 0.192. The number of fused-ring (bicyclic) bond motifs is 1. The van der Waals surface area contributed by atoms with E-state index in [2.05, 4.69) is 20.9 Å². The topological polar surface area (TPSA) is 57.4 Å². The third-order valence-electron chi connectivity index (χ3n) is 3.65. The van der Waals surface area contributed by atoms with Crippen molar-refractivity contribution in [2.24, 2.45) is 5.73 Å². The van der Waals surface area contributed by atoms with Crippen molar-refractivity contribution in [3.05, 3.63) is 64.8 Å². The summed E-state index contributed by atoms with van der Waals surface area (Å²) in [6.07, 6.45) is 0.464. The average molecular weight is 405 g/mol. The molecular weight excluding hydrogens is 387 g/mol. The molecular formula is C19H18BrFN2O2. The molecule has 0 bridgehead atoms. The molecule has 3 aromatic rings. The molecule has 4 nitrogen and oxygen atoms in total. The number of pyridine rings is 1. The molecule has 0 radical (unpaired) electrons. The maximum Gasteiger partial charge on any atom is 0.170 e. The lowest BCUT2D eigenvalue weighted by Crippen LogP contribution is -2.22. The molecule has 25 heavy (non-hydrogen) atoms. The van der Waals surface area contributed by atoms with Crippen molar-refractivity contribution < 1.29 is 13.9 Å². The SMILES string of the molecule is NCC(F)COc1c(OCc2ccccc2)ccc2ncc(Br)cc12. The zero-order chi connectivity index (χ0) is 17.6. The Bertz CT molecular complexity index is 845. The van der Waals surface area contributed by atoms with E-state index in [1.807, 2.05) is 42.5 Å². The summed E-state index contributed by atoms with van der Waals surface area (Å²) in [6.45, 7) is 0.164. The predicted molar refractivity (Wildman–Crippen MR) is 99.7 cm³/mol. The highest BCUT2D eigenvalue weighted by Gasteiger charge is 2.14. The van der Waals surface area contributed by atoms with Crippen LogP contribution in [0.5, 0.6) is 11.5 Å². The van der Waals surface area contributed by atoms with Gasteiger partial charge in [-0.2, -0.15) is 0 Å². The molecule has 0 saturated heterocycles. The highest BCUT2D eigenvalue weighted by Crippen LogP contribution is 2.36. The summed E-state index contributed by atoms with van der Waals surface area (Å²) in [5, 5.41) is 0.754. The number of ether oxygens (including phenoxy) is 2. The minimum absolute atomic E-state index is 0.0904. The molecule has 130 valence electrons. The lowest BCUT2D eigenvalue weighted by Gasteiger charge is -2.16. The highest BCUT2D eigenvalue weighted by molar-refractivity contribution is 9.10. The first-order valence-corrected chi connectivity index (χ1v) is 8.68. The molecule has 2 aromatic carbocycles. The van der Waals surface area contributed by atoms with E-state index in [9.17, 15) is 4.39 Å². The maximum atomic E-state index is 13.6. The number of nitrogens with zero attached hydrogens (tertiary/aromatic N) is 1. The van der Waals surface area contributed by atoms with Crippen LogP contribution in [0, 0.1) is 0 Å². The summed E-state index contributed by atoms with van der Waals surface area (Å²) in [6, 6.07) is 15.3. The third kappa shape index (κ3) is 4.46. The molecule has 1 heterocycles. The van der Waals surface area contributed by atoms with Crippen molar-refractivity contribution in [1.82, 2.24) is 4.98 Å². The van der Waals surface area contributed by atoms with E-state index in [1.54, 1.807) is 12.3 Å². The van der Waals surface area contributed by atoms with Crippen LogP contribution in [0.15, 0.2) is 59.2 Å². The second kappa shape index (κ2) is 8.27. The standard InChI is InChI=1S/C19H18BrFN2O2/c20-14-8-16-17(23-10-14)6-7-18(19(16)25-12-15(21)9-22)24-11-13-4-2-1-3-5-13/h1-8,10,15H,9,11-12,22H2. The van der Waals surface area contributed by atoms with Crippen LogP contribution in [0.3, 0.4) is 0 Å². The Morgan fingerprint density at radius 2 is 1.92 bits per heavy atom. The monoisotopic (exact) mass is 404 g/mol. The van der Waals surface area contributed by atoms with E-state index in [-0.39, 0.29) is 13.2 Å². The predicted octanol–water partition coefficient (Wildman–Crippen LogP) is 4.25. The first kappa shape index (κ1) is 17.6. The Morgan fingerprint density at radius 1 is 1.12 bits per heavy atom. The maximum absolute atomic E-state index is 13.6. The number of alkyl halides is 1. The van der Waals surface area contributed by atoms with E-state index >= 15 is 0 Å². The minimum atomic E-state index is -1.24. The zero-order valence-electron chi connectivity index (χ0n) is 13.5. The van der Waals surface area contributed by atoms with Crippen LogP contribution in [0.2, 0.25) is 0 Å². The quantitative estimate of drug-likeness (QED) is 0.639. The van der Waals surface area contributed by atoms with Crippen molar-refractivity contribution in [3.8, 4) is 11.5 Å². The largest absolute Gasteiger partial charge is 0.486 e. The van der Waals surface area contributed by atoms with E-state index in [1.165, 1.54) is 0 Å². The summed E-state index contributed by atoms with van der Waals surface area (Å²) >= 11 is 3.41. The van der Waals surface area contributed by atoms with Gasteiger partial charge in [-0.05, 0) is 39.7 Å². The summed E-state index contributed by atoms with van der Waals surface area (Å²) < 4.78 is 26.0. The number of rotatable bonds is 7. The molecule has 0 saturated carbocycles. The van der Waals surface area contributed by atoms with Gasteiger partial charge in [0, 0.05) is 22.6 Å². The smallest absolute Gasteiger partial charge is 0.170 e. The first-order chi connectivity index (χ1) is 12.2. The molecule has 0 amide bonds. The number of aromatic nitrogens is 1. The van der Waals surface area contributed by atoms with E-state index in [0.29, 0.717) is 18.1 Å². The number of halogens is 2. The number of nitrogens with two attached hydrogens (primary N) is 1. The number of benzene rings is 2. The summed E-state index contributed by atoms with van der Waals surface area (Å²) in [7, 11) is 0. The van der Waals surface area contributed by atoms with Crippen LogP contribution >= 0.6 is 15.9 Å². The average Bonchev–Trinajstić information content (AvgIpc) is 2.65. The Hall–Kier alpha value is -2.18. The van der Waals surface area contributed by atoms with Gasteiger partial charge in [0.05, 0.1) is 5.52 Å². The molecule has 0 spiro atoms. The number of hydrogen-bond acceptors (Lipinski definition) is 4. The zero-order valence-corrected chi connectivity index (χ0v) is 15.1. The van der Waals surface area contributed by atoms with Crippen molar-refractivity contribution in [2.45, 2.75) is 12.8 Å². The van der Waals surface area contributed by atoms with Gasteiger partial charge in [0.2, 0.25) is 0 Å². The molecule has 1 unspecified atom stereocenters. The Kier molecular flexibility index (Phi) is 5.83.